The van der Waals surface area contributed by atoms with Gasteiger partial charge in [-0.05, 0) is 55.7 Å². The molecule has 0 unspecified atom stereocenters. The molecule has 0 spiro atoms. The summed E-state index contributed by atoms with van der Waals surface area (Å²) in [7, 11) is 0. The Bertz CT molecular complexity index is 1460. The van der Waals surface area contributed by atoms with E-state index in [1.807, 2.05) is 87.5 Å². The maximum atomic E-state index is 13.3. The van der Waals surface area contributed by atoms with Gasteiger partial charge in [-0.2, -0.15) is 5.10 Å². The molecule has 2 atom stereocenters. The maximum Gasteiger partial charge on any atom is 0.350 e. The average molecular weight is 526 g/mol. The minimum absolute atomic E-state index is 0.162. The number of piperazine rings is 1. The number of anilines is 1. The van der Waals surface area contributed by atoms with Gasteiger partial charge in [-0.25, -0.2) is 18.8 Å². The highest BCUT2D eigenvalue weighted by Gasteiger charge is 2.31. The molecule has 39 heavy (non-hydrogen) atoms. The number of rotatable bonds is 8. The van der Waals surface area contributed by atoms with E-state index in [1.165, 1.54) is 4.68 Å². The molecule has 0 amide bonds. The van der Waals surface area contributed by atoms with Gasteiger partial charge in [0.2, 0.25) is 0 Å². The van der Waals surface area contributed by atoms with E-state index >= 15 is 0 Å². The van der Waals surface area contributed by atoms with Crippen LogP contribution in [0.4, 0.5) is 5.69 Å². The van der Waals surface area contributed by atoms with Crippen molar-refractivity contribution in [2.24, 2.45) is 0 Å². The van der Waals surface area contributed by atoms with Crippen LogP contribution in [-0.4, -0.2) is 58.0 Å². The molecule has 202 valence electrons. The molecule has 0 radical (unpaired) electrons. The van der Waals surface area contributed by atoms with Crippen LogP contribution in [0.2, 0.25) is 0 Å². The molecule has 4 aromatic rings. The van der Waals surface area contributed by atoms with Gasteiger partial charge in [-0.1, -0.05) is 60.7 Å². The fraction of sp³-hybridized carbons (Fsp3) is 0.323. The first-order valence-electron chi connectivity index (χ1n) is 13.5. The van der Waals surface area contributed by atoms with Gasteiger partial charge < -0.3 is 9.64 Å². The van der Waals surface area contributed by atoms with Crippen molar-refractivity contribution >= 4 is 11.7 Å². The molecule has 2 heterocycles. The van der Waals surface area contributed by atoms with Crippen LogP contribution in [0.3, 0.4) is 0 Å². The number of hydrogen-bond donors (Lipinski definition) is 0. The van der Waals surface area contributed by atoms with E-state index in [4.69, 9.17) is 4.74 Å². The summed E-state index contributed by atoms with van der Waals surface area (Å²) in [6.45, 7) is 9.25. The van der Waals surface area contributed by atoms with Gasteiger partial charge >= 0.3 is 11.7 Å². The van der Waals surface area contributed by atoms with Gasteiger partial charge in [0.1, 0.15) is 12.4 Å². The second kappa shape index (κ2) is 11.7. The Kier molecular flexibility index (Phi) is 7.93. The number of carbonyl (C=O) groups excluding carboxylic acids is 1. The Labute approximate surface area is 229 Å². The molecule has 1 saturated heterocycles. The lowest BCUT2D eigenvalue weighted by molar-refractivity contribution is -0.150. The van der Waals surface area contributed by atoms with Crippen LogP contribution in [-0.2, 0) is 9.53 Å². The smallest absolute Gasteiger partial charge is 0.350 e. The summed E-state index contributed by atoms with van der Waals surface area (Å²) < 4.78 is 8.55. The van der Waals surface area contributed by atoms with Gasteiger partial charge in [0.15, 0.2) is 0 Å². The van der Waals surface area contributed by atoms with Crippen molar-refractivity contribution in [3.05, 3.63) is 112 Å². The van der Waals surface area contributed by atoms with Crippen molar-refractivity contribution in [3.8, 4) is 5.69 Å². The number of nitrogens with zero attached hydrogens (tertiary/aromatic N) is 5. The molecule has 0 aliphatic carbocycles. The number of carbonyl (C=O) groups is 1. The van der Waals surface area contributed by atoms with E-state index in [0.717, 1.165) is 54.2 Å². The number of esters is 1. The third-order valence-corrected chi connectivity index (χ3v) is 7.45. The van der Waals surface area contributed by atoms with Gasteiger partial charge in [0, 0.05) is 31.9 Å². The lowest BCUT2D eigenvalue weighted by atomic mass is 10.0. The first-order valence-corrected chi connectivity index (χ1v) is 13.5. The second-order valence-corrected chi connectivity index (χ2v) is 9.87. The lowest BCUT2D eigenvalue weighted by Gasteiger charge is -2.39. The zero-order chi connectivity index (χ0) is 27.4. The SMILES string of the molecule is CCOC(=O)[C@H](c1ccccc1)N1CCN(c2ccc(-n3cnn([C@H](C)c4ccccc4)c3=O)c(C)c2)CC1. The fourth-order valence-corrected chi connectivity index (χ4v) is 5.32. The quantitative estimate of drug-likeness (QED) is 0.318. The molecule has 0 saturated carbocycles. The van der Waals surface area contributed by atoms with Gasteiger partial charge in [0.05, 0.1) is 18.3 Å². The van der Waals surface area contributed by atoms with Crippen LogP contribution in [0.15, 0.2) is 90.0 Å². The van der Waals surface area contributed by atoms with Crippen LogP contribution in [0.1, 0.15) is 42.6 Å². The van der Waals surface area contributed by atoms with Crippen molar-refractivity contribution in [3.63, 3.8) is 0 Å². The molecule has 0 bridgehead atoms. The predicted molar refractivity (Wildman–Crippen MR) is 152 cm³/mol. The van der Waals surface area contributed by atoms with E-state index in [2.05, 4.69) is 27.0 Å². The molecule has 1 aliphatic heterocycles. The van der Waals surface area contributed by atoms with Crippen LogP contribution in [0.25, 0.3) is 5.69 Å². The summed E-state index contributed by atoms with van der Waals surface area (Å²) in [6, 6.07) is 25.4. The first-order chi connectivity index (χ1) is 19.0. The summed E-state index contributed by atoms with van der Waals surface area (Å²) in [6.07, 6.45) is 1.60. The molecule has 1 aliphatic rings. The van der Waals surface area contributed by atoms with E-state index in [-0.39, 0.29) is 17.7 Å². The second-order valence-electron chi connectivity index (χ2n) is 9.87. The van der Waals surface area contributed by atoms with Crippen LogP contribution in [0, 0.1) is 6.92 Å². The Balaban J connectivity index is 1.30. The van der Waals surface area contributed by atoms with Crippen molar-refractivity contribution in [2.45, 2.75) is 32.9 Å². The molecule has 1 fully saturated rings. The normalized spacial score (nSPS) is 15.6. The Morgan fingerprint density at radius 3 is 2.18 bits per heavy atom. The highest BCUT2D eigenvalue weighted by atomic mass is 16.5. The molecular weight excluding hydrogens is 490 g/mol. The molecule has 5 rings (SSSR count). The Morgan fingerprint density at radius 2 is 1.56 bits per heavy atom. The van der Waals surface area contributed by atoms with Crippen LogP contribution in [0.5, 0.6) is 0 Å². The lowest BCUT2D eigenvalue weighted by Crippen LogP contribution is -2.49. The third-order valence-electron chi connectivity index (χ3n) is 7.45. The largest absolute Gasteiger partial charge is 0.465 e. The first kappa shape index (κ1) is 26.4. The Morgan fingerprint density at radius 1 is 0.923 bits per heavy atom. The van der Waals surface area contributed by atoms with Crippen LogP contribution < -0.4 is 10.6 Å². The standard InChI is InChI=1S/C31H35N5O3/c1-4-39-30(37)29(26-13-9-6-10-14-26)34-19-17-33(18-20-34)27-15-16-28(23(2)21-27)35-22-32-36(31(35)38)24(3)25-11-7-5-8-12-25/h5-16,21-22,24,29H,4,17-20H2,1-3H3/t24-,29+/m1/s1. The number of benzene rings is 3. The zero-order valence-corrected chi connectivity index (χ0v) is 22.7. The summed E-state index contributed by atoms with van der Waals surface area (Å²) in [5, 5.41) is 4.41. The monoisotopic (exact) mass is 525 g/mol. The molecule has 1 aromatic heterocycles. The number of ether oxygens (including phenoxy) is 1. The Hall–Kier alpha value is -4.17. The highest BCUT2D eigenvalue weighted by Crippen LogP contribution is 2.27. The number of aromatic nitrogens is 3. The van der Waals surface area contributed by atoms with E-state index in [0.29, 0.717) is 6.61 Å². The fourth-order valence-electron chi connectivity index (χ4n) is 5.32. The minimum Gasteiger partial charge on any atom is -0.465 e. The number of aryl methyl sites for hydroxylation is 1. The van der Waals surface area contributed by atoms with Crippen LogP contribution >= 0.6 is 0 Å². The summed E-state index contributed by atoms with van der Waals surface area (Å²) in [4.78, 5) is 30.6. The molecular formula is C31H35N5O3. The highest BCUT2D eigenvalue weighted by molar-refractivity contribution is 5.77. The summed E-state index contributed by atoms with van der Waals surface area (Å²) in [5.41, 5.74) is 4.74. The summed E-state index contributed by atoms with van der Waals surface area (Å²) >= 11 is 0. The van der Waals surface area contributed by atoms with Crippen molar-refractivity contribution in [2.75, 3.05) is 37.7 Å². The van der Waals surface area contributed by atoms with Gasteiger partial charge in [-0.3, -0.25) is 4.90 Å². The third kappa shape index (κ3) is 5.52. The summed E-state index contributed by atoms with van der Waals surface area (Å²) in [5.74, 6) is -0.204. The maximum absolute atomic E-state index is 13.3. The van der Waals surface area contributed by atoms with Crippen molar-refractivity contribution < 1.29 is 9.53 Å². The van der Waals surface area contributed by atoms with Gasteiger partial charge in [0.25, 0.3) is 0 Å². The van der Waals surface area contributed by atoms with E-state index in [9.17, 15) is 9.59 Å². The predicted octanol–water partition coefficient (Wildman–Crippen LogP) is 4.38. The van der Waals surface area contributed by atoms with Crippen molar-refractivity contribution in [1.29, 1.82) is 0 Å². The van der Waals surface area contributed by atoms with Gasteiger partial charge in [-0.15, -0.1) is 0 Å². The molecule has 0 N–H and O–H groups in total. The average Bonchev–Trinajstić information content (AvgIpc) is 3.35. The topological polar surface area (TPSA) is 72.6 Å². The van der Waals surface area contributed by atoms with E-state index in [1.54, 1.807) is 10.9 Å². The number of hydrogen-bond acceptors (Lipinski definition) is 6. The molecule has 3 aromatic carbocycles. The zero-order valence-electron chi connectivity index (χ0n) is 22.7. The molecule has 8 nitrogen and oxygen atoms in total. The van der Waals surface area contributed by atoms with Crippen molar-refractivity contribution in [1.82, 2.24) is 19.2 Å². The molecule has 8 heteroatoms. The minimum atomic E-state index is -0.404. The van der Waals surface area contributed by atoms with E-state index < -0.39 is 6.04 Å².